The van der Waals surface area contributed by atoms with Crippen LogP contribution in [0.15, 0.2) is 133 Å². The van der Waals surface area contributed by atoms with E-state index in [2.05, 4.69) is 47.4 Å². The Morgan fingerprint density at radius 2 is 0.556 bits per heavy atom. The molecule has 0 unspecified atom stereocenters. The number of hydrogen-bond donors (Lipinski definition) is 0. The van der Waals surface area contributed by atoms with Crippen LogP contribution in [0.25, 0.3) is 32.3 Å². The molecule has 63 heavy (non-hydrogen) atoms. The smallest absolute Gasteiger partial charge is 0.378 e. The van der Waals surface area contributed by atoms with Crippen LogP contribution < -0.4 is 4.90 Å². The van der Waals surface area contributed by atoms with Crippen molar-refractivity contribution in [3.8, 4) is 47.4 Å². The first-order valence-electron chi connectivity index (χ1n) is 19.1. The Kier molecular flexibility index (Phi) is 10.8. The summed E-state index contributed by atoms with van der Waals surface area (Å²) in [6.07, 6.45) is -13.6. The summed E-state index contributed by atoms with van der Waals surface area (Å²) in [5, 5.41) is 4.22. The molecule has 0 fully saturated rings. The highest BCUT2D eigenvalue weighted by Crippen LogP contribution is 2.40. The van der Waals surface area contributed by atoms with Crippen molar-refractivity contribution in [1.82, 2.24) is 0 Å². The van der Waals surface area contributed by atoms with Crippen molar-refractivity contribution >= 4 is 38.0 Å². The molecular formula is C53H28F9N. The molecule has 8 aromatic carbocycles. The molecule has 0 amide bonds. The van der Waals surface area contributed by atoms with Crippen LogP contribution in [-0.4, -0.2) is 14.1 Å². The zero-order valence-corrected chi connectivity index (χ0v) is 33.1. The van der Waals surface area contributed by atoms with Crippen LogP contribution in [0.4, 0.5) is 45.2 Å². The lowest BCUT2D eigenvalue weighted by Gasteiger charge is -2.16. The molecule has 0 bridgehead atoms. The zero-order chi connectivity index (χ0) is 44.7. The molecule has 0 aliphatic heterocycles. The number of halogens is 9. The van der Waals surface area contributed by atoms with Crippen molar-refractivity contribution in [3.05, 3.63) is 195 Å². The largest absolute Gasteiger partial charge is 0.416 e. The average Bonchev–Trinajstić information content (AvgIpc) is 3.25. The van der Waals surface area contributed by atoms with E-state index in [0.717, 1.165) is 58.4 Å². The lowest BCUT2D eigenvalue weighted by atomic mass is 9.86. The van der Waals surface area contributed by atoms with Gasteiger partial charge in [0, 0.05) is 64.3 Å². The maximum absolute atomic E-state index is 13.3. The van der Waals surface area contributed by atoms with Crippen molar-refractivity contribution in [2.24, 2.45) is 0 Å². The molecule has 0 heterocycles. The summed E-state index contributed by atoms with van der Waals surface area (Å²) in [5.41, 5.74) is 2.36. The van der Waals surface area contributed by atoms with Gasteiger partial charge in [-0.1, -0.05) is 71.6 Å². The standard InChI is InChI=1S/C53H28F9N/c1-63(2)44-25-13-36(14-26-44)6-18-40-32-39(17-5-35-11-23-43(24-12-35)53(60,61)62)47-28-27-45-37(15-3-33-7-19-41(20-8-33)51(54,55)56)31-38(46-29-30-48(40)50(47)49(45)46)16-4-34-9-21-42(22-10-34)52(57,58)59/h7-14,19-32H,1-2H3. The van der Waals surface area contributed by atoms with Gasteiger partial charge in [-0.2, -0.15) is 39.5 Å². The van der Waals surface area contributed by atoms with E-state index in [1.54, 1.807) is 6.07 Å². The molecule has 0 aliphatic carbocycles. The molecule has 0 spiro atoms. The number of benzene rings is 8. The van der Waals surface area contributed by atoms with Gasteiger partial charge in [-0.25, -0.2) is 0 Å². The number of anilines is 1. The highest BCUT2D eigenvalue weighted by molar-refractivity contribution is 6.26. The first-order chi connectivity index (χ1) is 29.9. The van der Waals surface area contributed by atoms with E-state index >= 15 is 0 Å². The minimum Gasteiger partial charge on any atom is -0.378 e. The van der Waals surface area contributed by atoms with Crippen LogP contribution in [0.1, 0.15) is 61.2 Å². The van der Waals surface area contributed by atoms with Crippen LogP contribution in [0.5, 0.6) is 0 Å². The quantitative estimate of drug-likeness (QED) is 0.0904. The van der Waals surface area contributed by atoms with Gasteiger partial charge in [-0.05, 0) is 142 Å². The third kappa shape index (κ3) is 8.99. The second kappa shape index (κ2) is 16.2. The maximum atomic E-state index is 13.3. The van der Waals surface area contributed by atoms with Crippen LogP contribution in [-0.2, 0) is 18.5 Å². The monoisotopic (exact) mass is 849 g/mol. The predicted molar refractivity (Wildman–Crippen MR) is 229 cm³/mol. The molecule has 8 aromatic rings. The second-order valence-corrected chi connectivity index (χ2v) is 14.7. The van der Waals surface area contributed by atoms with Crippen molar-refractivity contribution in [2.45, 2.75) is 18.5 Å². The normalized spacial score (nSPS) is 11.5. The fourth-order valence-corrected chi connectivity index (χ4v) is 7.04. The SMILES string of the molecule is CN(C)c1ccc(C#Cc2cc(C#Cc3ccc(C(F)(F)F)cc3)c3ccc4c(C#Cc5ccc(C(F)(F)F)cc5)cc(C#Cc5ccc(C(F)(F)F)cc5)c5ccc2c3c54)cc1. The Morgan fingerprint density at radius 3 is 0.778 bits per heavy atom. The molecule has 0 aromatic heterocycles. The Hall–Kier alpha value is -7.79. The zero-order valence-electron chi connectivity index (χ0n) is 33.1. The van der Waals surface area contributed by atoms with Crippen molar-refractivity contribution < 1.29 is 39.5 Å². The number of hydrogen-bond acceptors (Lipinski definition) is 1. The molecule has 10 heteroatoms. The minimum absolute atomic E-state index is 0.322. The van der Waals surface area contributed by atoms with Gasteiger partial charge in [-0.15, -0.1) is 0 Å². The van der Waals surface area contributed by atoms with Gasteiger partial charge in [0.1, 0.15) is 0 Å². The Balaban J connectivity index is 1.37. The average molecular weight is 850 g/mol. The maximum Gasteiger partial charge on any atom is 0.416 e. The molecule has 0 aliphatic rings. The summed E-state index contributed by atoms with van der Waals surface area (Å²) in [6.45, 7) is 0. The molecular weight excluding hydrogens is 822 g/mol. The molecule has 0 saturated heterocycles. The first kappa shape index (κ1) is 41.9. The van der Waals surface area contributed by atoms with E-state index in [0.29, 0.717) is 60.5 Å². The van der Waals surface area contributed by atoms with Crippen molar-refractivity contribution in [3.63, 3.8) is 0 Å². The molecule has 0 radical (unpaired) electrons. The van der Waals surface area contributed by atoms with Crippen LogP contribution in [0.3, 0.4) is 0 Å². The van der Waals surface area contributed by atoms with Crippen molar-refractivity contribution in [1.29, 1.82) is 0 Å². The highest BCUT2D eigenvalue weighted by atomic mass is 19.4. The van der Waals surface area contributed by atoms with Crippen LogP contribution in [0.2, 0.25) is 0 Å². The molecule has 0 atom stereocenters. The summed E-state index contributed by atoms with van der Waals surface area (Å²) in [4.78, 5) is 1.96. The number of nitrogens with zero attached hydrogens (tertiary/aromatic N) is 1. The fourth-order valence-electron chi connectivity index (χ4n) is 7.04. The molecule has 8 rings (SSSR count). The topological polar surface area (TPSA) is 3.24 Å². The summed E-state index contributed by atoms with van der Waals surface area (Å²) >= 11 is 0. The Labute approximate surface area is 356 Å². The lowest BCUT2D eigenvalue weighted by Crippen LogP contribution is -2.07. The highest BCUT2D eigenvalue weighted by Gasteiger charge is 2.31. The fraction of sp³-hybridized carbons (Fsp3) is 0.0943. The van der Waals surface area contributed by atoms with Gasteiger partial charge in [0.05, 0.1) is 16.7 Å². The molecule has 1 nitrogen and oxygen atoms in total. The van der Waals surface area contributed by atoms with E-state index in [-0.39, 0.29) is 0 Å². The van der Waals surface area contributed by atoms with E-state index in [1.165, 1.54) is 36.4 Å². The van der Waals surface area contributed by atoms with E-state index in [1.807, 2.05) is 73.6 Å². The first-order valence-corrected chi connectivity index (χ1v) is 19.1. The van der Waals surface area contributed by atoms with Gasteiger partial charge in [0.2, 0.25) is 0 Å². The third-order valence-electron chi connectivity index (χ3n) is 10.3. The van der Waals surface area contributed by atoms with Crippen LogP contribution >= 0.6 is 0 Å². The number of alkyl halides is 9. The summed E-state index contributed by atoms with van der Waals surface area (Å²) < 4.78 is 120. The van der Waals surface area contributed by atoms with Gasteiger partial charge in [0.25, 0.3) is 0 Å². The molecule has 0 N–H and O–H groups in total. The minimum atomic E-state index is -4.53. The predicted octanol–water partition coefficient (Wildman–Crippen LogP) is 13.3. The van der Waals surface area contributed by atoms with E-state index in [4.69, 9.17) is 0 Å². The summed E-state index contributed by atoms with van der Waals surface area (Å²) in [5.74, 6) is 24.9. The van der Waals surface area contributed by atoms with Crippen molar-refractivity contribution in [2.75, 3.05) is 19.0 Å². The van der Waals surface area contributed by atoms with Gasteiger partial charge < -0.3 is 4.90 Å². The second-order valence-electron chi connectivity index (χ2n) is 14.7. The lowest BCUT2D eigenvalue weighted by molar-refractivity contribution is -0.138. The van der Waals surface area contributed by atoms with E-state index < -0.39 is 35.2 Å². The van der Waals surface area contributed by atoms with E-state index in [9.17, 15) is 39.5 Å². The number of rotatable bonds is 1. The summed E-state index contributed by atoms with van der Waals surface area (Å²) in [7, 11) is 3.85. The van der Waals surface area contributed by atoms with Gasteiger partial charge >= 0.3 is 18.5 Å². The third-order valence-corrected chi connectivity index (χ3v) is 10.3. The van der Waals surface area contributed by atoms with Gasteiger partial charge in [0.15, 0.2) is 0 Å². The Morgan fingerprint density at radius 1 is 0.317 bits per heavy atom. The molecule has 308 valence electrons. The Bertz CT molecular complexity index is 3190. The van der Waals surface area contributed by atoms with Gasteiger partial charge in [-0.3, -0.25) is 0 Å². The molecule has 0 saturated carbocycles. The van der Waals surface area contributed by atoms with Crippen LogP contribution in [0, 0.1) is 47.4 Å². The summed E-state index contributed by atoms with van der Waals surface area (Å²) in [6, 6.07) is 32.1.